The molecule has 104 valence electrons. The van der Waals surface area contributed by atoms with Crippen molar-refractivity contribution in [3.8, 4) is 0 Å². The summed E-state index contributed by atoms with van der Waals surface area (Å²) in [6.45, 7) is 6.93. The van der Waals surface area contributed by atoms with E-state index in [9.17, 15) is 4.79 Å². The Hall–Kier alpha value is -0.910. The number of rotatable bonds is 4. The molecule has 4 nitrogen and oxygen atoms in total. The quantitative estimate of drug-likeness (QED) is 0.889. The zero-order chi connectivity index (χ0) is 13.7. The van der Waals surface area contributed by atoms with Crippen molar-refractivity contribution in [3.05, 3.63) is 28.2 Å². The lowest BCUT2D eigenvalue weighted by Gasteiger charge is -2.26. The van der Waals surface area contributed by atoms with Crippen LogP contribution in [-0.4, -0.2) is 43.5 Å². The molecule has 0 aliphatic carbocycles. The molecule has 0 saturated carbocycles. The van der Waals surface area contributed by atoms with Crippen LogP contribution in [0.15, 0.2) is 22.7 Å². The number of piperazine rings is 1. The lowest BCUT2D eigenvalue weighted by Crippen LogP contribution is -2.44. The summed E-state index contributed by atoms with van der Waals surface area (Å²) in [4.78, 5) is 14.3. The van der Waals surface area contributed by atoms with Gasteiger partial charge in [-0.1, -0.05) is 22.0 Å². The second kappa shape index (κ2) is 7.03. The van der Waals surface area contributed by atoms with Crippen LogP contribution in [0, 0.1) is 6.92 Å². The Morgan fingerprint density at radius 3 is 2.89 bits per heavy atom. The molecular formula is C14H20BrN3O. The number of amides is 1. The summed E-state index contributed by atoms with van der Waals surface area (Å²) in [5.74, 6) is 0.0831. The molecule has 2 rings (SSSR count). The number of halogens is 1. The maximum absolute atomic E-state index is 11.9. The van der Waals surface area contributed by atoms with E-state index in [-0.39, 0.29) is 5.91 Å². The van der Waals surface area contributed by atoms with Gasteiger partial charge in [0, 0.05) is 49.3 Å². The first-order chi connectivity index (χ1) is 9.15. The minimum atomic E-state index is 0.0831. The molecule has 0 unspecified atom stereocenters. The molecule has 2 N–H and O–H groups in total. The summed E-state index contributed by atoms with van der Waals surface area (Å²) >= 11 is 3.42. The molecule has 0 radical (unpaired) electrons. The fourth-order valence-electron chi connectivity index (χ4n) is 2.14. The lowest BCUT2D eigenvalue weighted by atomic mass is 10.2. The van der Waals surface area contributed by atoms with Crippen LogP contribution in [0.3, 0.4) is 0 Å². The smallest absolute Gasteiger partial charge is 0.225 e. The number of nitrogens with zero attached hydrogens (tertiary/aromatic N) is 1. The standard InChI is InChI=1S/C14H20BrN3O/c1-11-2-3-12(15)10-13(11)17-14(19)4-7-18-8-5-16-6-9-18/h2-3,10,16H,4-9H2,1H3,(H,17,19). The Labute approximate surface area is 122 Å². The second-order valence-electron chi connectivity index (χ2n) is 4.85. The van der Waals surface area contributed by atoms with Gasteiger partial charge in [-0.3, -0.25) is 4.79 Å². The van der Waals surface area contributed by atoms with E-state index in [1.54, 1.807) is 0 Å². The highest BCUT2D eigenvalue weighted by Crippen LogP contribution is 2.20. The number of hydrogen-bond donors (Lipinski definition) is 2. The SMILES string of the molecule is Cc1ccc(Br)cc1NC(=O)CCN1CCNCC1. The molecule has 0 aromatic heterocycles. The maximum atomic E-state index is 11.9. The van der Waals surface area contributed by atoms with E-state index in [0.717, 1.165) is 48.4 Å². The van der Waals surface area contributed by atoms with E-state index >= 15 is 0 Å². The number of carbonyl (C=O) groups is 1. The van der Waals surface area contributed by atoms with Crippen molar-refractivity contribution in [2.45, 2.75) is 13.3 Å². The molecule has 1 aromatic carbocycles. The van der Waals surface area contributed by atoms with Crippen molar-refractivity contribution >= 4 is 27.5 Å². The molecule has 0 bridgehead atoms. The summed E-state index contributed by atoms with van der Waals surface area (Å²) in [5, 5.41) is 6.29. The number of hydrogen-bond acceptors (Lipinski definition) is 3. The third kappa shape index (κ3) is 4.60. The molecule has 5 heteroatoms. The average Bonchev–Trinajstić information content (AvgIpc) is 2.42. The first kappa shape index (κ1) is 14.5. The van der Waals surface area contributed by atoms with Crippen molar-refractivity contribution in [2.75, 3.05) is 38.0 Å². The van der Waals surface area contributed by atoms with Gasteiger partial charge >= 0.3 is 0 Å². The predicted octanol–water partition coefficient (Wildman–Crippen LogP) is 1.99. The van der Waals surface area contributed by atoms with Crippen molar-refractivity contribution < 1.29 is 4.79 Å². The van der Waals surface area contributed by atoms with E-state index in [2.05, 4.69) is 31.5 Å². The molecule has 0 atom stereocenters. The molecule has 1 aromatic rings. The van der Waals surface area contributed by atoms with Gasteiger partial charge in [-0.2, -0.15) is 0 Å². The summed E-state index contributed by atoms with van der Waals surface area (Å²) in [5.41, 5.74) is 1.97. The lowest BCUT2D eigenvalue weighted by molar-refractivity contribution is -0.116. The Bertz CT molecular complexity index is 444. The fourth-order valence-corrected chi connectivity index (χ4v) is 2.50. The minimum absolute atomic E-state index is 0.0831. The summed E-state index contributed by atoms with van der Waals surface area (Å²) in [7, 11) is 0. The Morgan fingerprint density at radius 2 is 2.16 bits per heavy atom. The topological polar surface area (TPSA) is 44.4 Å². The second-order valence-corrected chi connectivity index (χ2v) is 5.76. The molecule has 1 aliphatic rings. The summed E-state index contributed by atoms with van der Waals surface area (Å²) < 4.78 is 0.982. The van der Waals surface area contributed by atoms with Gasteiger partial charge in [0.15, 0.2) is 0 Å². The Balaban J connectivity index is 1.81. The zero-order valence-corrected chi connectivity index (χ0v) is 12.8. The van der Waals surface area contributed by atoms with Gasteiger partial charge in [0.25, 0.3) is 0 Å². The van der Waals surface area contributed by atoms with Crippen molar-refractivity contribution in [1.29, 1.82) is 0 Å². The first-order valence-electron chi connectivity index (χ1n) is 6.64. The van der Waals surface area contributed by atoms with Crippen molar-refractivity contribution in [3.63, 3.8) is 0 Å². The van der Waals surface area contributed by atoms with Gasteiger partial charge in [-0.15, -0.1) is 0 Å². The third-order valence-electron chi connectivity index (χ3n) is 3.34. The monoisotopic (exact) mass is 325 g/mol. The highest BCUT2D eigenvalue weighted by atomic mass is 79.9. The number of benzene rings is 1. The number of nitrogens with one attached hydrogen (secondary N) is 2. The number of anilines is 1. The van der Waals surface area contributed by atoms with Crippen LogP contribution in [0.1, 0.15) is 12.0 Å². The van der Waals surface area contributed by atoms with Crippen molar-refractivity contribution in [1.82, 2.24) is 10.2 Å². The van der Waals surface area contributed by atoms with Crippen LogP contribution in [0.25, 0.3) is 0 Å². The van der Waals surface area contributed by atoms with E-state index in [0.29, 0.717) is 6.42 Å². The van der Waals surface area contributed by atoms with Crippen LogP contribution >= 0.6 is 15.9 Å². The van der Waals surface area contributed by atoms with Crippen LogP contribution in [-0.2, 0) is 4.79 Å². The molecule has 19 heavy (non-hydrogen) atoms. The van der Waals surface area contributed by atoms with Gasteiger partial charge < -0.3 is 15.5 Å². The van der Waals surface area contributed by atoms with Gasteiger partial charge in [-0.25, -0.2) is 0 Å². The fraction of sp³-hybridized carbons (Fsp3) is 0.500. The molecular weight excluding hydrogens is 306 g/mol. The van der Waals surface area contributed by atoms with E-state index in [1.807, 2.05) is 25.1 Å². The van der Waals surface area contributed by atoms with Crippen molar-refractivity contribution in [2.24, 2.45) is 0 Å². The van der Waals surface area contributed by atoms with Crippen LogP contribution in [0.2, 0.25) is 0 Å². The van der Waals surface area contributed by atoms with Gasteiger partial charge in [0.1, 0.15) is 0 Å². The van der Waals surface area contributed by atoms with Crippen LogP contribution in [0.4, 0.5) is 5.69 Å². The first-order valence-corrected chi connectivity index (χ1v) is 7.43. The number of aryl methyl sites for hydroxylation is 1. The molecule has 1 fully saturated rings. The molecule has 1 aliphatic heterocycles. The van der Waals surface area contributed by atoms with Crippen LogP contribution < -0.4 is 10.6 Å². The highest BCUT2D eigenvalue weighted by molar-refractivity contribution is 9.10. The molecule has 1 saturated heterocycles. The average molecular weight is 326 g/mol. The summed E-state index contributed by atoms with van der Waals surface area (Å²) in [6, 6.07) is 5.92. The van der Waals surface area contributed by atoms with E-state index in [4.69, 9.17) is 0 Å². The highest BCUT2D eigenvalue weighted by Gasteiger charge is 2.11. The molecule has 0 spiro atoms. The van der Waals surface area contributed by atoms with E-state index in [1.165, 1.54) is 0 Å². The predicted molar refractivity (Wildman–Crippen MR) is 81.4 cm³/mol. The molecule has 1 heterocycles. The van der Waals surface area contributed by atoms with Crippen LogP contribution in [0.5, 0.6) is 0 Å². The normalized spacial score (nSPS) is 16.3. The maximum Gasteiger partial charge on any atom is 0.225 e. The summed E-state index contributed by atoms with van der Waals surface area (Å²) in [6.07, 6.45) is 0.548. The van der Waals surface area contributed by atoms with Gasteiger partial charge in [-0.05, 0) is 24.6 Å². The Morgan fingerprint density at radius 1 is 1.42 bits per heavy atom. The molecule has 1 amide bonds. The zero-order valence-electron chi connectivity index (χ0n) is 11.2. The minimum Gasteiger partial charge on any atom is -0.326 e. The largest absolute Gasteiger partial charge is 0.326 e. The van der Waals surface area contributed by atoms with E-state index < -0.39 is 0 Å². The third-order valence-corrected chi connectivity index (χ3v) is 3.83. The number of carbonyl (C=O) groups excluding carboxylic acids is 1. The van der Waals surface area contributed by atoms with Gasteiger partial charge in [0.05, 0.1) is 0 Å². The Kier molecular flexibility index (Phi) is 5.36. The van der Waals surface area contributed by atoms with Gasteiger partial charge in [0.2, 0.25) is 5.91 Å².